The van der Waals surface area contributed by atoms with Crippen molar-refractivity contribution in [3.05, 3.63) is 101 Å². The number of fused-ring (bicyclic) bond motifs is 3. The van der Waals surface area contributed by atoms with E-state index in [1.54, 1.807) is 0 Å². The van der Waals surface area contributed by atoms with Crippen LogP contribution in [-0.2, 0) is 18.6 Å². The first-order chi connectivity index (χ1) is 24.2. The largest absolute Gasteiger partial charge is 0.284 e. The Balaban J connectivity index is 0.000000343. The molecule has 300 valence electrons. The first-order valence-electron chi connectivity index (χ1n) is 20.0. The van der Waals surface area contributed by atoms with Crippen molar-refractivity contribution in [2.24, 2.45) is 26.7 Å². The second kappa shape index (κ2) is 19.4. The predicted octanol–water partition coefficient (Wildman–Crippen LogP) is 14.4. The highest BCUT2D eigenvalue weighted by molar-refractivity contribution is 6.06. The Labute approximate surface area is 333 Å². The lowest BCUT2D eigenvalue weighted by Gasteiger charge is -2.20. The predicted molar refractivity (Wildman–Crippen MR) is 242 cm³/mol. The zero-order valence-corrected chi connectivity index (χ0v) is 38.8. The van der Waals surface area contributed by atoms with Gasteiger partial charge in [0, 0.05) is 33.2 Å². The third-order valence-electron chi connectivity index (χ3n) is 7.06. The summed E-state index contributed by atoms with van der Waals surface area (Å²) >= 11 is 0. The minimum absolute atomic E-state index is 0.0586. The van der Waals surface area contributed by atoms with Crippen LogP contribution >= 0.6 is 0 Å². The summed E-state index contributed by atoms with van der Waals surface area (Å²) in [6.45, 7) is 48.0. The van der Waals surface area contributed by atoms with E-state index in [1.165, 1.54) is 38.9 Å². The molecular weight excluding hydrogens is 657 g/mol. The van der Waals surface area contributed by atoms with Crippen molar-refractivity contribution >= 4 is 22.8 Å². The molecule has 0 saturated carbocycles. The van der Waals surface area contributed by atoms with Gasteiger partial charge >= 0.3 is 0 Å². The summed E-state index contributed by atoms with van der Waals surface area (Å²) in [7, 11) is 0. The quantitative estimate of drug-likeness (QED) is 0.165. The van der Waals surface area contributed by atoms with Gasteiger partial charge in [0.15, 0.2) is 18.3 Å². The van der Waals surface area contributed by atoms with Crippen molar-refractivity contribution in [2.75, 3.05) is 0 Å². The number of aromatic nitrogens is 2. The number of para-hydroxylation sites is 1. The molecule has 0 saturated heterocycles. The van der Waals surface area contributed by atoms with E-state index >= 15 is 0 Å². The maximum Gasteiger partial charge on any atom is 0.171 e. The average Bonchev–Trinajstić information content (AvgIpc) is 3.71. The molecule has 0 aliphatic carbocycles. The van der Waals surface area contributed by atoms with Gasteiger partial charge in [-0.1, -0.05) is 165 Å². The lowest BCUT2D eigenvalue weighted by Crippen LogP contribution is -2.30. The number of hydrogen-bond acceptors (Lipinski definition) is 2. The Morgan fingerprint density at radius 2 is 0.981 bits per heavy atom. The van der Waals surface area contributed by atoms with Crippen molar-refractivity contribution < 1.29 is 4.58 Å². The molecule has 4 nitrogen and oxygen atoms in total. The number of rotatable bonds is 0. The Bertz CT molecular complexity index is 1730. The monoisotopic (exact) mass is 738 g/mol. The number of aliphatic imine (C=N–C) groups is 1. The van der Waals surface area contributed by atoms with Gasteiger partial charge in [-0.3, -0.25) is 9.67 Å². The first-order valence-corrected chi connectivity index (χ1v) is 20.0. The lowest BCUT2D eigenvalue weighted by atomic mass is 9.85. The van der Waals surface area contributed by atoms with Gasteiger partial charge in [-0.2, -0.15) is 5.10 Å². The van der Waals surface area contributed by atoms with Crippen LogP contribution < -0.4 is 0 Å². The van der Waals surface area contributed by atoms with Crippen LogP contribution in [-0.4, -0.2) is 31.8 Å². The summed E-state index contributed by atoms with van der Waals surface area (Å²) in [4.78, 5) is 4.59. The molecule has 0 spiro atoms. The molecule has 4 heteroatoms. The zero-order valence-electron chi connectivity index (χ0n) is 38.8. The SMILES string of the molecule is CC(C)(C)C.CC(C)(C)C.CC(C)(C)C.CC(C)(C)C1=NCc2ccccc21.CC(C)(C)[N+]1=Cc2ccccc2C1.CC(C)(C)n1ncc2ccccc21. The van der Waals surface area contributed by atoms with Gasteiger partial charge < -0.3 is 0 Å². The van der Waals surface area contributed by atoms with Crippen LogP contribution in [0.3, 0.4) is 0 Å². The van der Waals surface area contributed by atoms with Gasteiger partial charge in [-0.15, -0.1) is 0 Å². The Morgan fingerprint density at radius 1 is 0.537 bits per heavy atom. The van der Waals surface area contributed by atoms with Gasteiger partial charge in [-0.05, 0) is 75.5 Å². The van der Waals surface area contributed by atoms with Gasteiger partial charge in [0.2, 0.25) is 0 Å². The number of hydrogen-bond donors (Lipinski definition) is 0. The summed E-state index contributed by atoms with van der Waals surface area (Å²) in [5.41, 5.74) is 9.95. The van der Waals surface area contributed by atoms with E-state index in [-0.39, 0.29) is 16.5 Å². The molecule has 0 N–H and O–H groups in total. The molecule has 54 heavy (non-hydrogen) atoms. The highest BCUT2D eigenvalue weighted by Gasteiger charge is 2.29. The minimum atomic E-state index is 0.0586. The molecule has 0 radical (unpaired) electrons. The molecule has 2 aliphatic heterocycles. The first kappa shape index (κ1) is 48.5. The van der Waals surface area contributed by atoms with Gasteiger partial charge in [0.25, 0.3) is 0 Å². The van der Waals surface area contributed by atoms with Crippen LogP contribution in [0, 0.1) is 21.7 Å². The number of nitrogens with zero attached hydrogens (tertiary/aromatic N) is 4. The minimum Gasteiger partial charge on any atom is -0.284 e. The molecule has 2 aliphatic rings. The molecule has 6 rings (SSSR count). The molecule has 0 atom stereocenters. The zero-order chi connectivity index (χ0) is 41.9. The van der Waals surface area contributed by atoms with E-state index in [0.717, 1.165) is 13.1 Å². The molecule has 4 aromatic rings. The molecule has 0 amide bonds. The van der Waals surface area contributed by atoms with Crippen LogP contribution in [0.4, 0.5) is 0 Å². The van der Waals surface area contributed by atoms with Crippen molar-refractivity contribution in [1.29, 1.82) is 0 Å². The van der Waals surface area contributed by atoms with E-state index in [4.69, 9.17) is 0 Å². The third-order valence-corrected chi connectivity index (χ3v) is 7.06. The Kier molecular flexibility index (Phi) is 17.4. The summed E-state index contributed by atoms with van der Waals surface area (Å²) < 4.78 is 4.44. The molecule has 0 unspecified atom stereocenters. The van der Waals surface area contributed by atoms with E-state index in [0.29, 0.717) is 16.2 Å². The smallest absolute Gasteiger partial charge is 0.171 e. The fourth-order valence-electron chi connectivity index (χ4n) is 4.92. The fourth-order valence-corrected chi connectivity index (χ4v) is 4.92. The molecule has 0 fully saturated rings. The van der Waals surface area contributed by atoms with Crippen LogP contribution in [0.1, 0.15) is 168 Å². The summed E-state index contributed by atoms with van der Waals surface area (Å²) in [5.74, 6) is 0. The van der Waals surface area contributed by atoms with Crippen LogP contribution in [0.5, 0.6) is 0 Å². The van der Waals surface area contributed by atoms with Gasteiger partial charge in [0.05, 0.1) is 23.8 Å². The van der Waals surface area contributed by atoms with Crippen molar-refractivity contribution in [3.8, 4) is 0 Å². The van der Waals surface area contributed by atoms with Crippen LogP contribution in [0.25, 0.3) is 10.9 Å². The third kappa shape index (κ3) is 20.2. The van der Waals surface area contributed by atoms with Crippen LogP contribution in [0.15, 0.2) is 84.0 Å². The Hall–Kier alpha value is -3.53. The Morgan fingerprint density at radius 3 is 1.44 bits per heavy atom. The second-order valence-corrected chi connectivity index (χ2v) is 22.5. The van der Waals surface area contributed by atoms with E-state index in [2.05, 4.69) is 232 Å². The maximum absolute atomic E-state index is 4.59. The van der Waals surface area contributed by atoms with Gasteiger partial charge in [0.1, 0.15) is 0 Å². The molecular formula is C50H81N4+. The normalized spacial score (nSPS) is 13.7. The summed E-state index contributed by atoms with van der Waals surface area (Å²) in [6, 6.07) is 25.4. The fraction of sp³-hybridized carbons (Fsp3) is 0.580. The van der Waals surface area contributed by atoms with E-state index < -0.39 is 0 Å². The van der Waals surface area contributed by atoms with Crippen molar-refractivity contribution in [1.82, 2.24) is 9.78 Å². The van der Waals surface area contributed by atoms with E-state index in [1.807, 2.05) is 18.3 Å². The number of benzene rings is 3. The highest BCUT2D eigenvalue weighted by Crippen LogP contribution is 2.29. The van der Waals surface area contributed by atoms with Gasteiger partial charge in [-0.25, -0.2) is 4.58 Å². The van der Waals surface area contributed by atoms with Crippen molar-refractivity contribution in [3.63, 3.8) is 0 Å². The molecule has 3 heterocycles. The molecule has 3 aromatic carbocycles. The second-order valence-electron chi connectivity index (χ2n) is 22.5. The summed E-state index contributed by atoms with van der Waals surface area (Å²) in [6.07, 6.45) is 4.18. The topological polar surface area (TPSA) is 33.2 Å². The summed E-state index contributed by atoms with van der Waals surface area (Å²) in [5, 5.41) is 5.59. The highest BCUT2D eigenvalue weighted by atomic mass is 15.3. The standard InChI is InChI=1S/C12H16N.C12H15N.C11H14N2.3C5H12/c1-12(2,3)13-8-10-6-4-5-7-11(10)9-13;1-12(2,3)11-10-7-5-4-6-9(10)8-13-11;1-11(2,3)13-10-7-5-4-6-9(10)8-12-13;3*1-5(2,3)4/h4-8H,9H2,1-3H3;4-7H,8H2,1-3H3;4-8H,1-3H3;3*1-4H3/q+1;;;;;. The van der Waals surface area contributed by atoms with Crippen molar-refractivity contribution in [2.45, 2.75) is 170 Å². The lowest BCUT2D eigenvalue weighted by molar-refractivity contribution is -0.603. The van der Waals surface area contributed by atoms with Crippen LogP contribution in [0.2, 0.25) is 0 Å². The molecule has 1 aromatic heterocycles. The molecule has 0 bridgehead atoms. The maximum atomic E-state index is 4.59. The average molecular weight is 738 g/mol. The van der Waals surface area contributed by atoms with E-state index in [9.17, 15) is 0 Å².